The van der Waals surface area contributed by atoms with Crippen LogP contribution in [0.3, 0.4) is 0 Å². The Bertz CT molecular complexity index is 235. The fourth-order valence-corrected chi connectivity index (χ4v) is 0.768. The molecule has 0 saturated carbocycles. The fraction of sp³-hybridized carbons (Fsp3) is 0.364. The minimum atomic E-state index is 1.37. The van der Waals surface area contributed by atoms with E-state index in [9.17, 15) is 0 Å². The van der Waals surface area contributed by atoms with Crippen molar-refractivity contribution in [1.82, 2.24) is 0 Å². The van der Waals surface area contributed by atoms with E-state index in [1.165, 1.54) is 18.2 Å². The van der Waals surface area contributed by atoms with Crippen LogP contribution in [0.5, 0.6) is 0 Å². The van der Waals surface area contributed by atoms with Gasteiger partial charge in [0, 0.05) is 6.21 Å². The zero-order valence-corrected chi connectivity index (χ0v) is 8.74. The van der Waals surface area contributed by atoms with Gasteiger partial charge in [0.25, 0.3) is 0 Å². The molecule has 0 N–H and O–H groups in total. The predicted octanol–water partition coefficient (Wildman–Crippen LogP) is 2.94. The third kappa shape index (κ3) is 5.91. The number of hydrogen-bond donors (Lipinski definition) is 0. The normalized spacial score (nSPS) is 9.23. The number of benzene rings is 1. The summed E-state index contributed by atoms with van der Waals surface area (Å²) in [5, 5.41) is 3.35. The fourth-order valence-electron chi connectivity index (χ4n) is 0.768. The van der Waals surface area contributed by atoms with Gasteiger partial charge in [-0.05, 0) is 31.9 Å². The molecule has 0 spiro atoms. The quantitative estimate of drug-likeness (QED) is 0.480. The topological polar surface area (TPSA) is 21.6 Å². The van der Waals surface area contributed by atoms with Gasteiger partial charge in [-0.2, -0.15) is 0 Å². The second kappa shape index (κ2) is 7.35. The maximum Gasteiger partial charge on any atom is 0.106 e. The van der Waals surface area contributed by atoms with E-state index in [0.29, 0.717) is 0 Å². The van der Waals surface area contributed by atoms with E-state index in [4.69, 9.17) is 0 Å². The van der Waals surface area contributed by atoms with Gasteiger partial charge < -0.3 is 4.84 Å². The molecule has 1 rings (SSSR count). The molecule has 0 saturated heterocycles. The highest BCUT2D eigenvalue weighted by Gasteiger charge is 1.83. The molecule has 0 radical (unpaired) electrons. The Morgan fingerprint density at radius 2 is 1.62 bits per heavy atom. The van der Waals surface area contributed by atoms with E-state index in [2.05, 4.69) is 48.1 Å². The van der Waals surface area contributed by atoms with Gasteiger partial charge in [0.1, 0.15) is 7.11 Å². The Kier molecular flexibility index (Phi) is 6.60. The highest BCUT2D eigenvalue weighted by Crippen LogP contribution is 2.02. The van der Waals surface area contributed by atoms with E-state index in [0.717, 1.165) is 0 Å². The van der Waals surface area contributed by atoms with Gasteiger partial charge >= 0.3 is 0 Å². The van der Waals surface area contributed by atoms with Crippen LogP contribution >= 0.6 is 0 Å². The molecular formula is C11H17NO. The van der Waals surface area contributed by atoms with Crippen molar-refractivity contribution >= 4 is 6.21 Å². The molecule has 0 aromatic heterocycles. The Balaban J connectivity index is 0.000000252. The lowest BCUT2D eigenvalue weighted by Crippen LogP contribution is -1.74. The van der Waals surface area contributed by atoms with Crippen molar-refractivity contribution in [2.75, 3.05) is 7.11 Å². The minimum absolute atomic E-state index is 1.37. The molecule has 0 amide bonds. The lowest BCUT2D eigenvalue weighted by Gasteiger charge is -1.93. The Morgan fingerprint density at radius 3 is 1.77 bits per heavy atom. The molecule has 0 atom stereocenters. The van der Waals surface area contributed by atoms with Crippen LogP contribution < -0.4 is 0 Å². The molecule has 0 aliphatic heterocycles. The van der Waals surface area contributed by atoms with Crippen molar-refractivity contribution in [2.45, 2.75) is 20.8 Å². The summed E-state index contributed by atoms with van der Waals surface area (Å²) in [6, 6.07) is 8.36. The van der Waals surface area contributed by atoms with Gasteiger partial charge in [-0.1, -0.05) is 24.3 Å². The van der Waals surface area contributed by atoms with Crippen LogP contribution in [0.15, 0.2) is 29.4 Å². The van der Waals surface area contributed by atoms with Crippen LogP contribution in [0.25, 0.3) is 0 Å². The molecule has 72 valence electrons. The van der Waals surface area contributed by atoms with Crippen LogP contribution in [0.4, 0.5) is 0 Å². The maximum atomic E-state index is 4.26. The molecule has 13 heavy (non-hydrogen) atoms. The molecule has 0 heterocycles. The summed E-state index contributed by atoms with van der Waals surface area (Å²) in [5.41, 5.74) is 2.74. The van der Waals surface area contributed by atoms with E-state index < -0.39 is 0 Å². The molecule has 1 aromatic rings. The highest BCUT2D eigenvalue weighted by atomic mass is 16.6. The van der Waals surface area contributed by atoms with Crippen molar-refractivity contribution in [1.29, 1.82) is 0 Å². The molecule has 2 nitrogen and oxygen atoms in total. The van der Waals surface area contributed by atoms with Crippen LogP contribution in [0.1, 0.15) is 18.1 Å². The van der Waals surface area contributed by atoms with Crippen molar-refractivity contribution in [3.63, 3.8) is 0 Å². The molecule has 0 aliphatic carbocycles. The molecular weight excluding hydrogens is 162 g/mol. The lowest BCUT2D eigenvalue weighted by atomic mass is 10.1. The number of aryl methyl sites for hydroxylation is 2. The molecule has 1 aromatic carbocycles. The van der Waals surface area contributed by atoms with Crippen molar-refractivity contribution in [3.05, 3.63) is 35.4 Å². The molecule has 0 bridgehead atoms. The predicted molar refractivity (Wildman–Crippen MR) is 57.1 cm³/mol. The smallest absolute Gasteiger partial charge is 0.106 e. The van der Waals surface area contributed by atoms with E-state index in [1.54, 1.807) is 13.1 Å². The van der Waals surface area contributed by atoms with Crippen molar-refractivity contribution in [3.8, 4) is 0 Å². The SMILES string of the molecule is CC=NOC.Cc1ccccc1C. The standard InChI is InChI=1S/C8H10.C3H7NO/c1-7-5-3-4-6-8(7)2;1-3-4-5-2/h3-6H,1-2H3;3H,1-2H3. The van der Waals surface area contributed by atoms with Gasteiger partial charge in [-0.3, -0.25) is 0 Å². The first-order valence-electron chi connectivity index (χ1n) is 4.25. The van der Waals surface area contributed by atoms with Crippen LogP contribution in [-0.4, -0.2) is 13.3 Å². The summed E-state index contributed by atoms with van der Waals surface area (Å²) in [6.07, 6.45) is 1.58. The molecule has 0 aliphatic rings. The molecule has 0 unspecified atom stereocenters. The second-order valence-electron chi connectivity index (χ2n) is 2.63. The zero-order chi connectivity index (χ0) is 10.1. The van der Waals surface area contributed by atoms with Gasteiger partial charge in [-0.15, -0.1) is 5.16 Å². The Hall–Kier alpha value is -1.31. The van der Waals surface area contributed by atoms with Gasteiger partial charge in [0.05, 0.1) is 0 Å². The highest BCUT2D eigenvalue weighted by molar-refractivity contribution is 5.52. The summed E-state index contributed by atoms with van der Waals surface area (Å²) in [5.74, 6) is 0. The van der Waals surface area contributed by atoms with E-state index >= 15 is 0 Å². The summed E-state index contributed by atoms with van der Waals surface area (Å²) in [6.45, 7) is 6.04. The van der Waals surface area contributed by atoms with Gasteiger partial charge in [-0.25, -0.2) is 0 Å². The largest absolute Gasteiger partial charge is 0.399 e. The first-order chi connectivity index (χ1) is 6.22. The third-order valence-electron chi connectivity index (χ3n) is 1.64. The number of rotatable bonds is 1. The summed E-state index contributed by atoms with van der Waals surface area (Å²) in [7, 11) is 1.51. The van der Waals surface area contributed by atoms with Crippen molar-refractivity contribution < 1.29 is 4.84 Å². The zero-order valence-electron chi connectivity index (χ0n) is 8.74. The average molecular weight is 179 g/mol. The Labute approximate surface area is 80.2 Å². The summed E-state index contributed by atoms with van der Waals surface area (Å²) < 4.78 is 0. The minimum Gasteiger partial charge on any atom is -0.399 e. The lowest BCUT2D eigenvalue weighted by molar-refractivity contribution is 0.215. The van der Waals surface area contributed by atoms with Crippen LogP contribution in [0.2, 0.25) is 0 Å². The van der Waals surface area contributed by atoms with E-state index in [-0.39, 0.29) is 0 Å². The van der Waals surface area contributed by atoms with Gasteiger partial charge in [0.2, 0.25) is 0 Å². The monoisotopic (exact) mass is 179 g/mol. The van der Waals surface area contributed by atoms with Crippen LogP contribution in [0, 0.1) is 13.8 Å². The first kappa shape index (κ1) is 11.7. The van der Waals surface area contributed by atoms with Gasteiger partial charge in [0.15, 0.2) is 0 Å². The second-order valence-corrected chi connectivity index (χ2v) is 2.63. The third-order valence-corrected chi connectivity index (χ3v) is 1.64. The number of hydrogen-bond acceptors (Lipinski definition) is 2. The summed E-state index contributed by atoms with van der Waals surface area (Å²) in [4.78, 5) is 4.26. The Morgan fingerprint density at radius 1 is 1.15 bits per heavy atom. The average Bonchev–Trinajstić information content (AvgIpc) is 2.13. The maximum absolute atomic E-state index is 4.26. The summed E-state index contributed by atoms with van der Waals surface area (Å²) >= 11 is 0. The number of oxime groups is 1. The molecule has 2 heteroatoms. The van der Waals surface area contributed by atoms with Crippen molar-refractivity contribution in [2.24, 2.45) is 5.16 Å². The molecule has 0 fully saturated rings. The first-order valence-corrected chi connectivity index (χ1v) is 4.25. The number of nitrogens with zero attached hydrogens (tertiary/aromatic N) is 1. The van der Waals surface area contributed by atoms with E-state index in [1.807, 2.05) is 0 Å². The van der Waals surface area contributed by atoms with Crippen LogP contribution in [-0.2, 0) is 4.84 Å².